The fraction of sp³-hybridized carbons (Fsp3) is 0.261. The Kier molecular flexibility index (Phi) is 6.99. The van der Waals surface area contributed by atoms with Gasteiger partial charge >= 0.3 is 12.4 Å². The second kappa shape index (κ2) is 9.26. The van der Waals surface area contributed by atoms with Crippen molar-refractivity contribution in [1.82, 2.24) is 0 Å². The molecule has 1 aliphatic rings. The van der Waals surface area contributed by atoms with Gasteiger partial charge in [-0.25, -0.2) is 0 Å². The van der Waals surface area contributed by atoms with Gasteiger partial charge in [0.05, 0.1) is 12.1 Å². The van der Waals surface area contributed by atoms with Crippen molar-refractivity contribution in [3.8, 4) is 0 Å². The van der Waals surface area contributed by atoms with Crippen LogP contribution in [-0.4, -0.2) is 29.6 Å². The first kappa shape index (κ1) is 24.9. The molecule has 2 atom stereocenters. The number of benzene rings is 2. The number of aliphatic hydroxyl groups excluding tert-OH is 1. The molecule has 1 heterocycles. The molecule has 3 rings (SSSR count). The smallest absolute Gasteiger partial charge is 0.381 e. The number of aliphatic hydroxyl groups is 1. The van der Waals surface area contributed by atoms with Gasteiger partial charge in [-0.1, -0.05) is 48.7 Å². The Morgan fingerprint density at radius 2 is 1.67 bits per heavy atom. The van der Waals surface area contributed by atoms with Crippen molar-refractivity contribution in [2.45, 2.75) is 30.3 Å². The first-order valence-corrected chi connectivity index (χ1v) is 10.5. The Balaban J connectivity index is 1.76. The van der Waals surface area contributed by atoms with E-state index >= 15 is 0 Å². The number of halogens is 6. The van der Waals surface area contributed by atoms with E-state index < -0.39 is 28.9 Å². The fourth-order valence-electron chi connectivity index (χ4n) is 3.10. The van der Waals surface area contributed by atoms with Gasteiger partial charge in [-0.2, -0.15) is 26.3 Å². The van der Waals surface area contributed by atoms with Gasteiger partial charge in [0.2, 0.25) is 0 Å². The van der Waals surface area contributed by atoms with Gasteiger partial charge in [0, 0.05) is 16.3 Å². The molecule has 10 heteroatoms. The maximum absolute atomic E-state index is 12.9. The number of anilines is 1. The summed E-state index contributed by atoms with van der Waals surface area (Å²) in [7, 11) is 0. The lowest BCUT2D eigenvalue weighted by atomic mass is 10.0. The van der Waals surface area contributed by atoms with Crippen molar-refractivity contribution >= 4 is 29.2 Å². The normalized spacial score (nSPS) is 20.2. The standard InChI is InChI=1S/C23H20F6N2OS/c1-14-15(2)33-21(31-14,17-6-8-18(9-7-17)22(24,25)26)13-30-19-10-3-16(4-11-19)5-12-20(32)23(27,28)29/h3-12,20,30,32H,2,13H2,1H3. The Bertz CT molecular complexity index is 1060. The van der Waals surface area contributed by atoms with Crippen LogP contribution < -0.4 is 5.32 Å². The summed E-state index contributed by atoms with van der Waals surface area (Å²) in [5.74, 6) is 0. The van der Waals surface area contributed by atoms with E-state index in [4.69, 9.17) is 5.11 Å². The maximum Gasteiger partial charge on any atom is 0.417 e. The largest absolute Gasteiger partial charge is 0.417 e. The molecule has 3 nitrogen and oxygen atoms in total. The number of thioether (sulfide) groups is 1. The monoisotopic (exact) mass is 486 g/mol. The molecule has 2 aromatic carbocycles. The van der Waals surface area contributed by atoms with Gasteiger partial charge < -0.3 is 10.4 Å². The molecule has 1 aliphatic heterocycles. The van der Waals surface area contributed by atoms with Crippen molar-refractivity contribution < 1.29 is 31.4 Å². The second-order valence-electron chi connectivity index (χ2n) is 7.40. The van der Waals surface area contributed by atoms with E-state index in [-0.39, 0.29) is 6.54 Å². The van der Waals surface area contributed by atoms with Crippen molar-refractivity contribution in [2.24, 2.45) is 4.99 Å². The Morgan fingerprint density at radius 3 is 2.15 bits per heavy atom. The van der Waals surface area contributed by atoms with Gasteiger partial charge in [0.25, 0.3) is 0 Å². The summed E-state index contributed by atoms with van der Waals surface area (Å²) in [6, 6.07) is 11.2. The molecule has 0 bridgehead atoms. The SMILES string of the molecule is C=C1SC(CNc2ccc(C=CC(O)C(F)(F)F)cc2)(c2ccc(C(F)(F)F)cc2)N=C1C. The van der Waals surface area contributed by atoms with Crippen molar-refractivity contribution in [2.75, 3.05) is 11.9 Å². The molecule has 0 saturated carbocycles. The number of rotatable bonds is 6. The summed E-state index contributed by atoms with van der Waals surface area (Å²) >= 11 is 1.34. The third-order valence-electron chi connectivity index (χ3n) is 4.96. The maximum atomic E-state index is 12.9. The predicted molar refractivity (Wildman–Crippen MR) is 119 cm³/mol. The van der Waals surface area contributed by atoms with E-state index in [2.05, 4.69) is 16.9 Å². The zero-order valence-electron chi connectivity index (χ0n) is 17.3. The molecule has 176 valence electrons. The summed E-state index contributed by atoms with van der Waals surface area (Å²) in [6.45, 7) is 5.96. The Labute approximate surface area is 190 Å². The number of nitrogens with zero attached hydrogens (tertiary/aromatic N) is 1. The summed E-state index contributed by atoms with van der Waals surface area (Å²) in [4.78, 5) is 4.45. The highest BCUT2D eigenvalue weighted by Gasteiger charge is 2.39. The minimum Gasteiger partial charge on any atom is -0.381 e. The lowest BCUT2D eigenvalue weighted by molar-refractivity contribution is -0.187. The number of allylic oxidation sites excluding steroid dienone is 1. The van der Waals surface area contributed by atoms with Crippen LogP contribution in [0.5, 0.6) is 0 Å². The van der Waals surface area contributed by atoms with Crippen LogP contribution in [-0.2, 0) is 11.0 Å². The van der Waals surface area contributed by atoms with Crippen LogP contribution in [0.4, 0.5) is 32.0 Å². The van der Waals surface area contributed by atoms with Gasteiger partial charge in [0.1, 0.15) is 0 Å². The molecule has 0 radical (unpaired) electrons. The molecule has 0 spiro atoms. The number of nitrogens with one attached hydrogen (secondary N) is 1. The third-order valence-corrected chi connectivity index (χ3v) is 6.31. The van der Waals surface area contributed by atoms with Crippen LogP contribution in [0.25, 0.3) is 6.08 Å². The van der Waals surface area contributed by atoms with Crippen molar-refractivity contribution in [1.29, 1.82) is 0 Å². The van der Waals surface area contributed by atoms with Crippen molar-refractivity contribution in [3.63, 3.8) is 0 Å². The summed E-state index contributed by atoms with van der Waals surface area (Å²) in [5, 5.41) is 12.2. The first-order valence-electron chi connectivity index (χ1n) is 9.69. The molecule has 2 aromatic rings. The van der Waals surface area contributed by atoms with E-state index in [0.29, 0.717) is 33.5 Å². The summed E-state index contributed by atoms with van der Waals surface area (Å²) in [6.07, 6.45) is -9.91. The number of hydrogen-bond acceptors (Lipinski definition) is 4. The molecule has 0 aromatic heterocycles. The van der Waals surface area contributed by atoms with Crippen LogP contribution in [0.15, 0.2) is 71.1 Å². The van der Waals surface area contributed by atoms with Gasteiger partial charge in [-0.3, -0.25) is 4.99 Å². The molecule has 2 N–H and O–H groups in total. The van der Waals surface area contributed by atoms with E-state index in [9.17, 15) is 26.3 Å². The quantitative estimate of drug-likeness (QED) is 0.451. The van der Waals surface area contributed by atoms with Crippen molar-refractivity contribution in [3.05, 3.63) is 82.8 Å². The molecule has 0 saturated heterocycles. The first-order chi connectivity index (χ1) is 15.3. The highest BCUT2D eigenvalue weighted by Crippen LogP contribution is 2.48. The highest BCUT2D eigenvalue weighted by molar-refractivity contribution is 8.05. The van der Waals surface area contributed by atoms with Crippen LogP contribution >= 0.6 is 11.8 Å². The van der Waals surface area contributed by atoms with Gasteiger partial charge in [-0.15, -0.1) is 0 Å². The molecule has 0 amide bonds. The topological polar surface area (TPSA) is 44.6 Å². The summed E-state index contributed by atoms with van der Waals surface area (Å²) in [5.41, 5.74) is 1.60. The molecule has 0 aliphatic carbocycles. The second-order valence-corrected chi connectivity index (χ2v) is 8.78. The Hall–Kier alpha value is -2.72. The fourth-order valence-corrected chi connectivity index (χ4v) is 4.28. The number of aliphatic imine (C=N–C) groups is 1. The number of alkyl halides is 6. The molecule has 0 fully saturated rings. The average molecular weight is 486 g/mol. The van der Waals surface area contributed by atoms with Gasteiger partial charge in [0.15, 0.2) is 11.0 Å². The molecular formula is C23H20F6N2OS. The van der Waals surface area contributed by atoms with E-state index in [1.807, 2.05) is 0 Å². The van der Waals surface area contributed by atoms with Gasteiger partial charge in [-0.05, 0) is 48.4 Å². The van der Waals surface area contributed by atoms with Crippen LogP contribution in [0.2, 0.25) is 0 Å². The lowest BCUT2D eigenvalue weighted by Gasteiger charge is -2.27. The molecular weight excluding hydrogens is 466 g/mol. The molecule has 2 unspecified atom stereocenters. The van der Waals surface area contributed by atoms with Crippen LogP contribution in [0, 0.1) is 0 Å². The zero-order valence-corrected chi connectivity index (χ0v) is 18.2. The molecule has 33 heavy (non-hydrogen) atoms. The third kappa shape index (κ3) is 6.00. The van der Waals surface area contributed by atoms with Crippen LogP contribution in [0.1, 0.15) is 23.6 Å². The minimum atomic E-state index is -4.73. The van der Waals surface area contributed by atoms with E-state index in [1.54, 1.807) is 31.2 Å². The zero-order chi connectivity index (χ0) is 24.4. The van der Waals surface area contributed by atoms with Crippen LogP contribution in [0.3, 0.4) is 0 Å². The number of hydrogen-bond donors (Lipinski definition) is 2. The predicted octanol–water partition coefficient (Wildman–Crippen LogP) is 6.63. The van der Waals surface area contributed by atoms with E-state index in [0.717, 1.165) is 18.2 Å². The minimum absolute atomic E-state index is 0.237. The average Bonchev–Trinajstić information content (AvgIpc) is 3.04. The highest BCUT2D eigenvalue weighted by atomic mass is 32.2. The van der Waals surface area contributed by atoms with E-state index in [1.165, 1.54) is 23.9 Å². The Morgan fingerprint density at radius 1 is 1.06 bits per heavy atom. The lowest BCUT2D eigenvalue weighted by Crippen LogP contribution is -2.27. The summed E-state index contributed by atoms with van der Waals surface area (Å²) < 4.78 is 76.0.